The molecule has 0 saturated carbocycles. The monoisotopic (exact) mass is 316 g/mol. The molecular formula is C16H20N4OS. The van der Waals surface area contributed by atoms with Crippen LogP contribution in [0.25, 0.3) is 0 Å². The summed E-state index contributed by atoms with van der Waals surface area (Å²) in [5.41, 5.74) is 6.05. The van der Waals surface area contributed by atoms with Crippen molar-refractivity contribution in [2.45, 2.75) is 39.8 Å². The van der Waals surface area contributed by atoms with Crippen LogP contribution in [0, 0.1) is 13.8 Å². The van der Waals surface area contributed by atoms with Gasteiger partial charge in [0.15, 0.2) is 0 Å². The van der Waals surface area contributed by atoms with E-state index in [4.69, 9.17) is 0 Å². The molecule has 1 aromatic heterocycles. The molecule has 5 nitrogen and oxygen atoms in total. The van der Waals surface area contributed by atoms with E-state index in [1.807, 2.05) is 17.2 Å². The van der Waals surface area contributed by atoms with E-state index in [0.717, 1.165) is 18.7 Å². The van der Waals surface area contributed by atoms with E-state index in [1.165, 1.54) is 33.8 Å². The van der Waals surface area contributed by atoms with Crippen molar-refractivity contribution >= 4 is 17.6 Å². The van der Waals surface area contributed by atoms with E-state index in [1.54, 1.807) is 0 Å². The first-order valence-electron chi connectivity index (χ1n) is 7.46. The van der Waals surface area contributed by atoms with Gasteiger partial charge in [-0.05, 0) is 55.4 Å². The van der Waals surface area contributed by atoms with Gasteiger partial charge in [0.05, 0.1) is 11.7 Å². The quantitative estimate of drug-likeness (QED) is 0.926. The average Bonchev–Trinajstić information content (AvgIpc) is 3.00. The van der Waals surface area contributed by atoms with Gasteiger partial charge in [0, 0.05) is 18.5 Å². The third-order valence-corrected chi connectivity index (χ3v) is 4.67. The van der Waals surface area contributed by atoms with Gasteiger partial charge >= 0.3 is 6.03 Å². The normalized spacial score (nSPS) is 15.3. The summed E-state index contributed by atoms with van der Waals surface area (Å²) in [7, 11) is 0. The second-order valence-electron chi connectivity index (χ2n) is 5.89. The fraction of sp³-hybridized carbons (Fsp3) is 0.438. The van der Waals surface area contributed by atoms with Crippen LogP contribution >= 0.6 is 11.5 Å². The van der Waals surface area contributed by atoms with Gasteiger partial charge in [0.25, 0.3) is 0 Å². The number of aromatic nitrogens is 2. The highest BCUT2D eigenvalue weighted by Gasteiger charge is 2.23. The predicted octanol–water partition coefficient (Wildman–Crippen LogP) is 2.98. The van der Waals surface area contributed by atoms with Gasteiger partial charge in [0.2, 0.25) is 0 Å². The highest BCUT2D eigenvalue weighted by molar-refractivity contribution is 7.03. The van der Waals surface area contributed by atoms with Gasteiger partial charge in [-0.2, -0.15) is 0 Å². The topological polar surface area (TPSA) is 58.1 Å². The first kappa shape index (κ1) is 15.0. The number of carbonyl (C=O) groups is 1. The van der Waals surface area contributed by atoms with Gasteiger partial charge in [-0.25, -0.2) is 4.79 Å². The number of urea groups is 1. The zero-order chi connectivity index (χ0) is 15.7. The molecule has 2 heterocycles. The Balaban J connectivity index is 1.70. The zero-order valence-electron chi connectivity index (χ0n) is 13.1. The van der Waals surface area contributed by atoms with Crippen LogP contribution in [-0.2, 0) is 13.0 Å². The van der Waals surface area contributed by atoms with E-state index in [2.05, 4.69) is 40.9 Å². The molecule has 0 saturated heterocycles. The maximum absolute atomic E-state index is 12.5. The highest BCUT2D eigenvalue weighted by atomic mass is 32.1. The molecule has 0 aliphatic carbocycles. The molecule has 0 radical (unpaired) electrons. The molecule has 3 rings (SSSR count). The molecular weight excluding hydrogens is 296 g/mol. The molecule has 1 aromatic carbocycles. The van der Waals surface area contributed by atoms with Gasteiger partial charge in [-0.3, -0.25) is 0 Å². The third kappa shape index (κ3) is 2.97. The van der Waals surface area contributed by atoms with Crippen molar-refractivity contribution in [2.75, 3.05) is 6.54 Å². The van der Waals surface area contributed by atoms with Gasteiger partial charge in [-0.1, -0.05) is 22.2 Å². The summed E-state index contributed by atoms with van der Waals surface area (Å²) in [4.78, 5) is 14.3. The summed E-state index contributed by atoms with van der Waals surface area (Å²) >= 11 is 1.30. The molecule has 0 spiro atoms. The SMILES string of the molecule is Cc1cc(C)c2c(c1)CN(C(=O)NC(C)c1csnn1)CC2. The maximum atomic E-state index is 12.5. The van der Waals surface area contributed by atoms with Crippen LogP contribution in [0.3, 0.4) is 0 Å². The lowest BCUT2D eigenvalue weighted by Gasteiger charge is -2.31. The number of benzene rings is 1. The Kier molecular flexibility index (Phi) is 4.11. The first-order chi connectivity index (χ1) is 10.5. The van der Waals surface area contributed by atoms with Crippen molar-refractivity contribution < 1.29 is 4.79 Å². The summed E-state index contributed by atoms with van der Waals surface area (Å²) in [6.45, 7) is 7.61. The van der Waals surface area contributed by atoms with Crippen molar-refractivity contribution in [1.29, 1.82) is 0 Å². The molecule has 1 unspecified atom stereocenters. The minimum Gasteiger partial charge on any atom is -0.330 e. The standard InChI is InChI=1S/C16H20N4OS/c1-10-6-11(2)14-4-5-20(8-13(14)7-10)16(21)17-12(3)15-9-22-19-18-15/h6-7,9,12H,4-5,8H2,1-3H3,(H,17,21). The van der Waals surface area contributed by atoms with Crippen LogP contribution in [0.2, 0.25) is 0 Å². The first-order valence-corrected chi connectivity index (χ1v) is 8.29. The number of fused-ring (bicyclic) bond motifs is 1. The molecule has 22 heavy (non-hydrogen) atoms. The molecule has 6 heteroatoms. The molecule has 1 aliphatic rings. The lowest BCUT2D eigenvalue weighted by atomic mass is 9.93. The van der Waals surface area contributed by atoms with E-state index in [9.17, 15) is 4.79 Å². The highest BCUT2D eigenvalue weighted by Crippen LogP contribution is 2.24. The Morgan fingerprint density at radius 2 is 2.23 bits per heavy atom. The molecule has 2 aromatic rings. The molecule has 1 atom stereocenters. The fourth-order valence-electron chi connectivity index (χ4n) is 3.00. The Morgan fingerprint density at radius 1 is 1.41 bits per heavy atom. The summed E-state index contributed by atoms with van der Waals surface area (Å²) < 4.78 is 3.84. The molecule has 0 bridgehead atoms. The fourth-order valence-corrected chi connectivity index (χ4v) is 3.55. The van der Waals surface area contributed by atoms with Crippen molar-refractivity contribution in [3.8, 4) is 0 Å². The molecule has 116 valence electrons. The summed E-state index contributed by atoms with van der Waals surface area (Å²) in [6, 6.07) is 4.25. The van der Waals surface area contributed by atoms with Crippen molar-refractivity contribution in [3.05, 3.63) is 45.5 Å². The zero-order valence-corrected chi connectivity index (χ0v) is 13.9. The summed E-state index contributed by atoms with van der Waals surface area (Å²) in [6.07, 6.45) is 0.918. The largest absolute Gasteiger partial charge is 0.330 e. The van der Waals surface area contributed by atoms with Crippen LogP contribution in [0.1, 0.15) is 40.9 Å². The second-order valence-corrected chi connectivity index (χ2v) is 6.50. The minimum absolute atomic E-state index is 0.0368. The summed E-state index contributed by atoms with van der Waals surface area (Å²) in [5, 5.41) is 8.88. The third-order valence-electron chi connectivity index (χ3n) is 4.15. The number of nitrogens with one attached hydrogen (secondary N) is 1. The Bertz CT molecular complexity index is 684. The smallest absolute Gasteiger partial charge is 0.318 e. The number of carbonyl (C=O) groups excluding carboxylic acids is 1. The van der Waals surface area contributed by atoms with Gasteiger partial charge in [0.1, 0.15) is 0 Å². The number of rotatable bonds is 2. The lowest BCUT2D eigenvalue weighted by Crippen LogP contribution is -2.43. The average molecular weight is 316 g/mol. The van der Waals surface area contributed by atoms with Crippen molar-refractivity contribution in [2.24, 2.45) is 0 Å². The van der Waals surface area contributed by atoms with E-state index in [-0.39, 0.29) is 12.1 Å². The Hall–Kier alpha value is -1.95. The second kappa shape index (κ2) is 6.04. The molecule has 0 fully saturated rings. The van der Waals surface area contributed by atoms with Crippen molar-refractivity contribution in [3.63, 3.8) is 0 Å². The lowest BCUT2D eigenvalue weighted by molar-refractivity contribution is 0.189. The number of nitrogens with zero attached hydrogens (tertiary/aromatic N) is 3. The maximum Gasteiger partial charge on any atom is 0.318 e. The van der Waals surface area contributed by atoms with Gasteiger partial charge < -0.3 is 10.2 Å². The molecule has 2 amide bonds. The van der Waals surface area contributed by atoms with E-state index < -0.39 is 0 Å². The van der Waals surface area contributed by atoms with E-state index in [0.29, 0.717) is 6.54 Å². The Morgan fingerprint density at radius 3 is 2.95 bits per heavy atom. The van der Waals surface area contributed by atoms with Crippen LogP contribution in [0.15, 0.2) is 17.5 Å². The number of hydrogen-bond acceptors (Lipinski definition) is 4. The van der Waals surface area contributed by atoms with Crippen LogP contribution in [-0.4, -0.2) is 27.1 Å². The minimum atomic E-state index is -0.119. The molecule has 1 aliphatic heterocycles. The van der Waals surface area contributed by atoms with Crippen LogP contribution < -0.4 is 5.32 Å². The van der Waals surface area contributed by atoms with Gasteiger partial charge in [-0.15, -0.1) is 5.10 Å². The number of aryl methyl sites for hydroxylation is 2. The summed E-state index contributed by atoms with van der Waals surface area (Å²) in [5.74, 6) is 0. The van der Waals surface area contributed by atoms with Crippen LogP contribution in [0.4, 0.5) is 4.79 Å². The number of amides is 2. The van der Waals surface area contributed by atoms with Crippen molar-refractivity contribution in [1.82, 2.24) is 19.8 Å². The predicted molar refractivity (Wildman–Crippen MR) is 86.9 cm³/mol. The van der Waals surface area contributed by atoms with E-state index >= 15 is 0 Å². The molecule has 1 N–H and O–H groups in total. The number of hydrogen-bond donors (Lipinski definition) is 1. The van der Waals surface area contributed by atoms with Crippen LogP contribution in [0.5, 0.6) is 0 Å². The Labute approximate surface area is 134 Å².